The third kappa shape index (κ3) is 2.66. The quantitative estimate of drug-likeness (QED) is 0.856. The minimum atomic E-state index is -0.152. The Bertz CT molecular complexity index is 538. The molecule has 0 spiro atoms. The van der Waals surface area contributed by atoms with Crippen molar-refractivity contribution in [3.05, 3.63) is 53.6 Å². The Kier molecular flexibility index (Phi) is 3.14. The molecule has 86 valence electrons. The number of hydrogen-bond acceptors (Lipinski definition) is 3. The molecule has 0 fully saturated rings. The second-order valence-electron chi connectivity index (χ2n) is 3.74. The predicted octanol–water partition coefficient (Wildman–Crippen LogP) is 2.35. The molecular formula is C13H13N3O. The number of carbonyl (C=O) groups excluding carboxylic acids is 1. The SMILES string of the molecule is Cc1ncc(NC(=O)c2ccccc2)c(C)n1. The number of rotatable bonds is 2. The Morgan fingerprint density at radius 1 is 1.18 bits per heavy atom. The third-order valence-electron chi connectivity index (χ3n) is 2.38. The Morgan fingerprint density at radius 3 is 2.53 bits per heavy atom. The average Bonchev–Trinajstić information content (AvgIpc) is 2.34. The van der Waals surface area contributed by atoms with Crippen LogP contribution in [0.5, 0.6) is 0 Å². The van der Waals surface area contributed by atoms with E-state index in [1.165, 1.54) is 0 Å². The van der Waals surface area contributed by atoms with Crippen LogP contribution in [-0.4, -0.2) is 15.9 Å². The van der Waals surface area contributed by atoms with Crippen LogP contribution in [0.25, 0.3) is 0 Å². The Balaban J connectivity index is 2.19. The molecule has 0 aliphatic rings. The van der Waals surface area contributed by atoms with Gasteiger partial charge in [0.15, 0.2) is 0 Å². The molecule has 1 aromatic carbocycles. The van der Waals surface area contributed by atoms with Crippen molar-refractivity contribution in [3.63, 3.8) is 0 Å². The molecule has 0 unspecified atom stereocenters. The van der Waals surface area contributed by atoms with E-state index in [4.69, 9.17) is 0 Å². The summed E-state index contributed by atoms with van der Waals surface area (Å²) in [6.07, 6.45) is 1.62. The molecule has 4 heteroatoms. The number of aromatic nitrogens is 2. The van der Waals surface area contributed by atoms with E-state index in [-0.39, 0.29) is 5.91 Å². The standard InChI is InChI=1S/C13H13N3O/c1-9-12(8-14-10(2)15-9)16-13(17)11-6-4-3-5-7-11/h3-8H,1-2H3,(H,16,17). The molecule has 1 amide bonds. The summed E-state index contributed by atoms with van der Waals surface area (Å²) >= 11 is 0. The lowest BCUT2D eigenvalue weighted by molar-refractivity contribution is 0.102. The topological polar surface area (TPSA) is 54.9 Å². The van der Waals surface area contributed by atoms with Gasteiger partial charge in [-0.1, -0.05) is 18.2 Å². The lowest BCUT2D eigenvalue weighted by Gasteiger charge is -2.07. The van der Waals surface area contributed by atoms with Gasteiger partial charge in [-0.15, -0.1) is 0 Å². The van der Waals surface area contributed by atoms with Gasteiger partial charge in [0.2, 0.25) is 0 Å². The summed E-state index contributed by atoms with van der Waals surface area (Å²) in [7, 11) is 0. The summed E-state index contributed by atoms with van der Waals surface area (Å²) in [5.41, 5.74) is 2.03. The summed E-state index contributed by atoms with van der Waals surface area (Å²) in [5.74, 6) is 0.543. The van der Waals surface area contributed by atoms with Crippen molar-refractivity contribution < 1.29 is 4.79 Å². The molecule has 0 radical (unpaired) electrons. The second-order valence-corrected chi connectivity index (χ2v) is 3.74. The number of hydrogen-bond donors (Lipinski definition) is 1. The Morgan fingerprint density at radius 2 is 1.88 bits per heavy atom. The highest BCUT2D eigenvalue weighted by Crippen LogP contribution is 2.12. The van der Waals surface area contributed by atoms with Gasteiger partial charge in [-0.3, -0.25) is 4.79 Å². The molecule has 1 aromatic heterocycles. The van der Waals surface area contributed by atoms with E-state index in [0.717, 1.165) is 5.69 Å². The van der Waals surface area contributed by atoms with Crippen LogP contribution in [0.2, 0.25) is 0 Å². The molecule has 0 aliphatic carbocycles. The van der Waals surface area contributed by atoms with Gasteiger partial charge in [-0.2, -0.15) is 0 Å². The number of nitrogens with zero attached hydrogens (tertiary/aromatic N) is 2. The average molecular weight is 227 g/mol. The molecule has 0 saturated heterocycles. The van der Waals surface area contributed by atoms with Crippen LogP contribution >= 0.6 is 0 Å². The second kappa shape index (κ2) is 4.74. The molecule has 17 heavy (non-hydrogen) atoms. The summed E-state index contributed by atoms with van der Waals surface area (Å²) in [4.78, 5) is 20.1. The number of carbonyl (C=O) groups is 1. The van der Waals surface area contributed by atoms with Gasteiger partial charge >= 0.3 is 0 Å². The van der Waals surface area contributed by atoms with Crippen molar-refractivity contribution in [1.82, 2.24) is 9.97 Å². The molecule has 1 N–H and O–H groups in total. The fourth-order valence-electron chi connectivity index (χ4n) is 1.49. The van der Waals surface area contributed by atoms with Gasteiger partial charge in [-0.25, -0.2) is 9.97 Å². The van der Waals surface area contributed by atoms with E-state index < -0.39 is 0 Å². The fourth-order valence-corrected chi connectivity index (χ4v) is 1.49. The summed E-state index contributed by atoms with van der Waals surface area (Å²) in [6, 6.07) is 9.05. The van der Waals surface area contributed by atoms with E-state index in [1.807, 2.05) is 32.0 Å². The molecule has 0 atom stereocenters. The van der Waals surface area contributed by atoms with E-state index in [2.05, 4.69) is 15.3 Å². The van der Waals surface area contributed by atoms with Crippen LogP contribution in [-0.2, 0) is 0 Å². The van der Waals surface area contributed by atoms with Crippen molar-refractivity contribution in [2.45, 2.75) is 13.8 Å². The maximum Gasteiger partial charge on any atom is 0.255 e. The molecule has 1 heterocycles. The van der Waals surface area contributed by atoms with Crippen LogP contribution in [0.1, 0.15) is 21.9 Å². The van der Waals surface area contributed by atoms with E-state index in [0.29, 0.717) is 17.1 Å². The lowest BCUT2D eigenvalue weighted by atomic mass is 10.2. The van der Waals surface area contributed by atoms with Crippen LogP contribution in [0.4, 0.5) is 5.69 Å². The first kappa shape index (κ1) is 11.3. The summed E-state index contributed by atoms with van der Waals surface area (Å²) in [6.45, 7) is 3.66. The van der Waals surface area contributed by atoms with Crippen LogP contribution in [0.3, 0.4) is 0 Å². The van der Waals surface area contributed by atoms with Crippen LogP contribution < -0.4 is 5.32 Å². The zero-order chi connectivity index (χ0) is 12.3. The van der Waals surface area contributed by atoms with Gasteiger partial charge < -0.3 is 5.32 Å². The van der Waals surface area contributed by atoms with Gasteiger partial charge in [0, 0.05) is 5.56 Å². The van der Waals surface area contributed by atoms with Crippen molar-refractivity contribution in [3.8, 4) is 0 Å². The largest absolute Gasteiger partial charge is 0.319 e. The molecule has 0 aliphatic heterocycles. The van der Waals surface area contributed by atoms with E-state index in [9.17, 15) is 4.79 Å². The number of nitrogens with one attached hydrogen (secondary N) is 1. The molecule has 2 aromatic rings. The molecule has 0 bridgehead atoms. The number of amides is 1. The normalized spacial score (nSPS) is 10.0. The molecule has 0 saturated carbocycles. The lowest BCUT2D eigenvalue weighted by Crippen LogP contribution is -2.13. The number of aryl methyl sites for hydroxylation is 2. The van der Waals surface area contributed by atoms with Crippen molar-refractivity contribution in [2.75, 3.05) is 5.32 Å². The fraction of sp³-hybridized carbons (Fsp3) is 0.154. The minimum Gasteiger partial charge on any atom is -0.319 e. The molecule has 4 nitrogen and oxygen atoms in total. The minimum absolute atomic E-state index is 0.152. The van der Waals surface area contributed by atoms with Crippen LogP contribution in [0, 0.1) is 13.8 Å². The van der Waals surface area contributed by atoms with Gasteiger partial charge in [0.25, 0.3) is 5.91 Å². The Hall–Kier alpha value is -2.23. The van der Waals surface area contributed by atoms with Crippen molar-refractivity contribution >= 4 is 11.6 Å². The molecule has 2 rings (SSSR count). The van der Waals surface area contributed by atoms with Gasteiger partial charge in [0.1, 0.15) is 5.82 Å². The number of anilines is 1. The van der Waals surface area contributed by atoms with Crippen molar-refractivity contribution in [2.24, 2.45) is 0 Å². The third-order valence-corrected chi connectivity index (χ3v) is 2.38. The smallest absolute Gasteiger partial charge is 0.255 e. The zero-order valence-electron chi connectivity index (χ0n) is 9.77. The highest BCUT2D eigenvalue weighted by molar-refractivity contribution is 6.04. The highest BCUT2D eigenvalue weighted by Gasteiger charge is 2.07. The monoisotopic (exact) mass is 227 g/mol. The van der Waals surface area contributed by atoms with E-state index >= 15 is 0 Å². The summed E-state index contributed by atoms with van der Waals surface area (Å²) in [5, 5.41) is 2.79. The van der Waals surface area contributed by atoms with Gasteiger partial charge in [0.05, 0.1) is 17.6 Å². The zero-order valence-corrected chi connectivity index (χ0v) is 9.77. The molecular weight excluding hydrogens is 214 g/mol. The highest BCUT2D eigenvalue weighted by atomic mass is 16.1. The first-order chi connectivity index (χ1) is 8.16. The maximum absolute atomic E-state index is 11.9. The Labute approximate surface area is 99.7 Å². The number of benzene rings is 1. The first-order valence-corrected chi connectivity index (χ1v) is 5.33. The first-order valence-electron chi connectivity index (χ1n) is 5.33. The van der Waals surface area contributed by atoms with Crippen molar-refractivity contribution in [1.29, 1.82) is 0 Å². The summed E-state index contributed by atoms with van der Waals surface area (Å²) < 4.78 is 0. The van der Waals surface area contributed by atoms with Gasteiger partial charge in [-0.05, 0) is 26.0 Å². The maximum atomic E-state index is 11.9. The predicted molar refractivity (Wildman–Crippen MR) is 65.9 cm³/mol. The van der Waals surface area contributed by atoms with E-state index in [1.54, 1.807) is 18.3 Å². The van der Waals surface area contributed by atoms with Crippen LogP contribution in [0.15, 0.2) is 36.5 Å².